The third kappa shape index (κ3) is 3.67. The van der Waals surface area contributed by atoms with Crippen molar-refractivity contribution in [2.75, 3.05) is 0 Å². The largest absolute Gasteiger partial charge is 0.480 e. The van der Waals surface area contributed by atoms with Crippen molar-refractivity contribution in [3.8, 4) is 0 Å². The highest BCUT2D eigenvalue weighted by Crippen LogP contribution is 2.13. The number of aliphatic carboxylic acids is 1. The van der Waals surface area contributed by atoms with E-state index >= 15 is 0 Å². The fraction of sp³-hybridized carbons (Fsp3) is 0.182. The molecule has 0 aliphatic rings. The van der Waals surface area contributed by atoms with E-state index in [9.17, 15) is 9.59 Å². The number of pyridine rings is 1. The Labute approximate surface area is 107 Å². The van der Waals surface area contributed by atoms with Crippen molar-refractivity contribution in [1.82, 2.24) is 10.3 Å². The average Bonchev–Trinajstić information content (AvgIpc) is 2.28. The van der Waals surface area contributed by atoms with Gasteiger partial charge in [-0.15, -0.1) is 6.58 Å². The van der Waals surface area contributed by atoms with E-state index in [1.54, 1.807) is 12.1 Å². The first kappa shape index (κ1) is 13.4. The van der Waals surface area contributed by atoms with Crippen LogP contribution in [0.3, 0.4) is 0 Å². The van der Waals surface area contributed by atoms with Crippen molar-refractivity contribution >= 4 is 27.8 Å². The molecule has 0 radical (unpaired) electrons. The third-order valence-corrected chi connectivity index (χ3v) is 2.62. The van der Waals surface area contributed by atoms with Gasteiger partial charge in [0.05, 0.1) is 0 Å². The van der Waals surface area contributed by atoms with E-state index in [0.29, 0.717) is 4.47 Å². The number of hydrogen-bond donors (Lipinski definition) is 2. The summed E-state index contributed by atoms with van der Waals surface area (Å²) in [5.41, 5.74) is 0.155. The minimum atomic E-state index is -1.11. The Bertz CT molecular complexity index is 448. The maximum absolute atomic E-state index is 11.8. The van der Waals surface area contributed by atoms with Crippen LogP contribution in [0.2, 0.25) is 0 Å². The van der Waals surface area contributed by atoms with Crippen molar-refractivity contribution in [2.24, 2.45) is 0 Å². The molecule has 1 aromatic heterocycles. The first-order valence-corrected chi connectivity index (χ1v) is 5.60. The highest BCUT2D eigenvalue weighted by Gasteiger charge is 2.20. The van der Waals surface area contributed by atoms with Crippen LogP contribution in [0.1, 0.15) is 16.9 Å². The van der Waals surface area contributed by atoms with Gasteiger partial charge in [-0.25, -0.2) is 9.78 Å². The van der Waals surface area contributed by atoms with Gasteiger partial charge in [0.2, 0.25) is 0 Å². The molecule has 1 heterocycles. The van der Waals surface area contributed by atoms with Crippen LogP contribution in [-0.4, -0.2) is 28.0 Å². The zero-order valence-electron chi connectivity index (χ0n) is 8.89. The predicted octanol–water partition coefficient (Wildman–Crippen LogP) is 1.60. The van der Waals surface area contributed by atoms with Crippen LogP contribution in [0.15, 0.2) is 35.5 Å². The predicted molar refractivity (Wildman–Crippen MR) is 65.6 cm³/mol. The van der Waals surface area contributed by atoms with Crippen LogP contribution in [0, 0.1) is 0 Å². The summed E-state index contributed by atoms with van der Waals surface area (Å²) >= 11 is 3.17. The summed E-state index contributed by atoms with van der Waals surface area (Å²) in [6.07, 6.45) is 3.06. The molecule has 1 amide bonds. The molecule has 6 heteroatoms. The SMILES string of the molecule is C=CCC(NC(=O)c1ncccc1Br)C(=O)O. The molecule has 0 aliphatic heterocycles. The molecule has 90 valence electrons. The molecule has 0 saturated carbocycles. The van der Waals surface area contributed by atoms with Gasteiger partial charge in [0.25, 0.3) is 5.91 Å². The second kappa shape index (κ2) is 6.15. The van der Waals surface area contributed by atoms with Gasteiger partial charge in [-0.1, -0.05) is 6.08 Å². The van der Waals surface area contributed by atoms with E-state index in [1.165, 1.54) is 12.3 Å². The topological polar surface area (TPSA) is 79.3 Å². The minimum Gasteiger partial charge on any atom is -0.480 e. The molecule has 2 N–H and O–H groups in total. The van der Waals surface area contributed by atoms with Gasteiger partial charge in [0.1, 0.15) is 11.7 Å². The lowest BCUT2D eigenvalue weighted by molar-refractivity contribution is -0.139. The molecule has 0 spiro atoms. The first-order valence-electron chi connectivity index (χ1n) is 4.81. The lowest BCUT2D eigenvalue weighted by Gasteiger charge is -2.12. The summed E-state index contributed by atoms with van der Waals surface area (Å²) in [5.74, 6) is -1.64. The third-order valence-electron chi connectivity index (χ3n) is 1.98. The fourth-order valence-electron chi connectivity index (χ4n) is 1.17. The van der Waals surface area contributed by atoms with Gasteiger partial charge in [0, 0.05) is 10.7 Å². The number of carboxylic acid groups (broad SMARTS) is 1. The van der Waals surface area contributed by atoms with Crippen molar-refractivity contribution < 1.29 is 14.7 Å². The molecule has 0 bridgehead atoms. The molecular weight excluding hydrogens is 288 g/mol. The van der Waals surface area contributed by atoms with Crippen LogP contribution in [0.4, 0.5) is 0 Å². The molecule has 0 aromatic carbocycles. The van der Waals surface area contributed by atoms with E-state index in [-0.39, 0.29) is 12.1 Å². The van der Waals surface area contributed by atoms with Gasteiger partial charge in [-0.05, 0) is 34.5 Å². The maximum Gasteiger partial charge on any atom is 0.326 e. The van der Waals surface area contributed by atoms with E-state index in [0.717, 1.165) is 0 Å². The molecule has 1 aromatic rings. The van der Waals surface area contributed by atoms with E-state index in [4.69, 9.17) is 5.11 Å². The van der Waals surface area contributed by atoms with Crippen molar-refractivity contribution in [2.45, 2.75) is 12.5 Å². The zero-order chi connectivity index (χ0) is 12.8. The van der Waals surface area contributed by atoms with Crippen LogP contribution in [0.25, 0.3) is 0 Å². The van der Waals surface area contributed by atoms with E-state index in [2.05, 4.69) is 32.8 Å². The lowest BCUT2D eigenvalue weighted by atomic mass is 10.2. The fourth-order valence-corrected chi connectivity index (χ4v) is 1.60. The molecule has 17 heavy (non-hydrogen) atoms. The number of aromatic nitrogens is 1. The van der Waals surface area contributed by atoms with E-state index < -0.39 is 17.9 Å². The quantitative estimate of drug-likeness (QED) is 0.809. The Morgan fingerprint density at radius 3 is 2.88 bits per heavy atom. The van der Waals surface area contributed by atoms with Crippen LogP contribution in [0.5, 0.6) is 0 Å². The Balaban J connectivity index is 2.81. The van der Waals surface area contributed by atoms with Gasteiger partial charge in [0.15, 0.2) is 0 Å². The Morgan fingerprint density at radius 1 is 1.65 bits per heavy atom. The van der Waals surface area contributed by atoms with Gasteiger partial charge >= 0.3 is 5.97 Å². The van der Waals surface area contributed by atoms with Gasteiger partial charge < -0.3 is 10.4 Å². The Kier molecular flexibility index (Phi) is 4.84. The molecule has 1 atom stereocenters. The molecule has 0 aliphatic carbocycles. The Morgan fingerprint density at radius 2 is 2.35 bits per heavy atom. The summed E-state index contributed by atoms with van der Waals surface area (Å²) in [6, 6.07) is 2.33. The second-order valence-corrected chi connectivity index (χ2v) is 4.08. The highest BCUT2D eigenvalue weighted by molar-refractivity contribution is 9.10. The summed E-state index contributed by atoms with van der Waals surface area (Å²) in [7, 11) is 0. The zero-order valence-corrected chi connectivity index (χ0v) is 10.5. The number of carbonyl (C=O) groups is 2. The minimum absolute atomic E-state index is 0.155. The average molecular weight is 299 g/mol. The summed E-state index contributed by atoms with van der Waals surface area (Å²) in [6.45, 7) is 3.44. The monoisotopic (exact) mass is 298 g/mol. The highest BCUT2D eigenvalue weighted by atomic mass is 79.9. The first-order chi connectivity index (χ1) is 8.06. The van der Waals surface area contributed by atoms with Gasteiger partial charge in [-0.3, -0.25) is 4.79 Å². The number of carbonyl (C=O) groups excluding carboxylic acids is 1. The normalized spacial score (nSPS) is 11.6. The number of nitrogens with zero attached hydrogens (tertiary/aromatic N) is 1. The number of carboxylic acids is 1. The summed E-state index contributed by atoms with van der Waals surface area (Å²) < 4.78 is 0.514. The van der Waals surface area contributed by atoms with Gasteiger partial charge in [-0.2, -0.15) is 0 Å². The standard InChI is InChI=1S/C11H11BrN2O3/c1-2-4-8(11(16)17)14-10(15)9-7(12)5-3-6-13-9/h2-3,5-6,8H,1,4H2,(H,14,15)(H,16,17). The van der Waals surface area contributed by atoms with Crippen molar-refractivity contribution in [3.63, 3.8) is 0 Å². The number of halogens is 1. The van der Waals surface area contributed by atoms with Crippen molar-refractivity contribution in [1.29, 1.82) is 0 Å². The molecule has 1 unspecified atom stereocenters. The molecule has 1 rings (SSSR count). The van der Waals surface area contributed by atoms with Crippen LogP contribution in [-0.2, 0) is 4.79 Å². The number of nitrogens with one attached hydrogen (secondary N) is 1. The van der Waals surface area contributed by atoms with Crippen LogP contribution < -0.4 is 5.32 Å². The number of rotatable bonds is 5. The maximum atomic E-state index is 11.8. The second-order valence-electron chi connectivity index (χ2n) is 3.22. The smallest absolute Gasteiger partial charge is 0.326 e. The Hall–Kier alpha value is -1.69. The molecule has 0 fully saturated rings. The number of amides is 1. The van der Waals surface area contributed by atoms with Crippen LogP contribution >= 0.6 is 15.9 Å². The lowest BCUT2D eigenvalue weighted by Crippen LogP contribution is -2.40. The van der Waals surface area contributed by atoms with Crippen molar-refractivity contribution in [3.05, 3.63) is 41.2 Å². The van der Waals surface area contributed by atoms with E-state index in [1.807, 2.05) is 0 Å². The number of hydrogen-bond acceptors (Lipinski definition) is 3. The molecular formula is C11H11BrN2O3. The molecule has 5 nitrogen and oxygen atoms in total. The summed E-state index contributed by atoms with van der Waals surface area (Å²) in [5, 5.41) is 11.2. The molecule has 0 saturated heterocycles. The summed E-state index contributed by atoms with van der Waals surface area (Å²) in [4.78, 5) is 26.5.